The Kier molecular flexibility index (Phi) is 5.83. The molecule has 7 heteroatoms. The van der Waals surface area contributed by atoms with Crippen LogP contribution in [0.15, 0.2) is 60.9 Å². The number of carbonyl (C=O) groups excluding carboxylic acids is 1. The summed E-state index contributed by atoms with van der Waals surface area (Å²) in [6.45, 7) is 4.55. The molecule has 1 aliphatic heterocycles. The van der Waals surface area contributed by atoms with Gasteiger partial charge < -0.3 is 15.1 Å². The fourth-order valence-electron chi connectivity index (χ4n) is 3.49. The van der Waals surface area contributed by atoms with Gasteiger partial charge in [-0.1, -0.05) is 35.9 Å². The zero-order valence-corrected chi connectivity index (χ0v) is 17.1. The summed E-state index contributed by atoms with van der Waals surface area (Å²) in [6, 6.07) is 15.6. The van der Waals surface area contributed by atoms with Gasteiger partial charge in [0, 0.05) is 49.6 Å². The topological polar surface area (TPSA) is 53.4 Å². The smallest absolute Gasteiger partial charge is 0.254 e. The number of para-hydroxylation sites is 1. The number of halogens is 1. The number of aromatic nitrogens is 2. The molecule has 6 nitrogen and oxygen atoms in total. The first kappa shape index (κ1) is 19.5. The molecule has 1 aromatic heterocycles. The van der Waals surface area contributed by atoms with Gasteiger partial charge in [-0.15, -0.1) is 0 Å². The van der Waals surface area contributed by atoms with Gasteiger partial charge in [-0.05, 0) is 36.9 Å². The Hall–Kier alpha value is -2.83. The molecule has 1 aliphatic rings. The molecule has 150 valence electrons. The predicted molar refractivity (Wildman–Crippen MR) is 116 cm³/mol. The number of benzene rings is 2. The first-order chi connectivity index (χ1) is 14.1. The Morgan fingerprint density at radius 1 is 1.10 bits per heavy atom. The van der Waals surface area contributed by atoms with Crippen molar-refractivity contribution in [1.29, 1.82) is 0 Å². The van der Waals surface area contributed by atoms with E-state index in [0.717, 1.165) is 37.4 Å². The lowest BCUT2D eigenvalue weighted by atomic mass is 10.1. The predicted octanol–water partition coefficient (Wildman–Crippen LogP) is 3.21. The number of rotatable bonds is 5. The SMILES string of the molecule is CN1CCN(c2ccccc2CNC(=O)c2cnn(-c3cccc(Cl)c3)c2)CC1. The summed E-state index contributed by atoms with van der Waals surface area (Å²) in [5.41, 5.74) is 3.64. The molecule has 0 radical (unpaired) electrons. The van der Waals surface area contributed by atoms with Gasteiger partial charge in [0.2, 0.25) is 0 Å². The third kappa shape index (κ3) is 4.60. The number of piperazine rings is 1. The standard InChI is InChI=1S/C22H24ClN5O/c1-26-9-11-27(12-10-26)21-8-3-2-5-17(21)14-24-22(29)18-15-25-28(16-18)20-7-4-6-19(23)13-20/h2-8,13,15-16H,9-12,14H2,1H3,(H,24,29). The molecule has 3 aromatic rings. The molecule has 2 heterocycles. The number of likely N-dealkylation sites (N-methyl/N-ethyl adjacent to an activating group) is 1. The lowest BCUT2D eigenvalue weighted by Gasteiger charge is -2.35. The zero-order chi connectivity index (χ0) is 20.2. The summed E-state index contributed by atoms with van der Waals surface area (Å²) >= 11 is 6.04. The maximum Gasteiger partial charge on any atom is 0.254 e. The van der Waals surface area contributed by atoms with Crippen LogP contribution in [0.3, 0.4) is 0 Å². The monoisotopic (exact) mass is 409 g/mol. The average Bonchev–Trinajstić information content (AvgIpc) is 3.23. The highest BCUT2D eigenvalue weighted by molar-refractivity contribution is 6.30. The molecule has 0 bridgehead atoms. The van der Waals surface area contributed by atoms with Crippen molar-refractivity contribution in [3.05, 3.63) is 77.1 Å². The van der Waals surface area contributed by atoms with Gasteiger partial charge in [-0.25, -0.2) is 4.68 Å². The second-order valence-electron chi connectivity index (χ2n) is 7.26. The normalized spacial score (nSPS) is 14.8. The lowest BCUT2D eigenvalue weighted by Crippen LogP contribution is -2.45. The van der Waals surface area contributed by atoms with Crippen molar-refractivity contribution < 1.29 is 4.79 Å². The van der Waals surface area contributed by atoms with Crippen LogP contribution in [0, 0.1) is 0 Å². The number of anilines is 1. The lowest BCUT2D eigenvalue weighted by molar-refractivity contribution is 0.0951. The minimum Gasteiger partial charge on any atom is -0.369 e. The first-order valence-corrected chi connectivity index (χ1v) is 10.1. The van der Waals surface area contributed by atoms with Crippen LogP contribution in [0.1, 0.15) is 15.9 Å². The van der Waals surface area contributed by atoms with Crippen molar-refractivity contribution in [2.24, 2.45) is 0 Å². The van der Waals surface area contributed by atoms with E-state index in [1.165, 1.54) is 5.69 Å². The molecule has 0 saturated carbocycles. The van der Waals surface area contributed by atoms with Crippen LogP contribution in [0.25, 0.3) is 5.69 Å². The Bertz CT molecular complexity index is 994. The number of nitrogens with one attached hydrogen (secondary N) is 1. The van der Waals surface area contributed by atoms with E-state index < -0.39 is 0 Å². The van der Waals surface area contributed by atoms with Crippen molar-refractivity contribution >= 4 is 23.2 Å². The molecule has 4 rings (SSSR count). The molecule has 1 N–H and O–H groups in total. The van der Waals surface area contributed by atoms with Gasteiger partial charge in [0.05, 0.1) is 17.4 Å². The van der Waals surface area contributed by atoms with Crippen molar-refractivity contribution in [2.75, 3.05) is 38.1 Å². The summed E-state index contributed by atoms with van der Waals surface area (Å²) in [7, 11) is 2.15. The molecule has 2 aromatic carbocycles. The minimum absolute atomic E-state index is 0.147. The summed E-state index contributed by atoms with van der Waals surface area (Å²) < 4.78 is 1.65. The molecule has 1 saturated heterocycles. The largest absolute Gasteiger partial charge is 0.369 e. The Balaban J connectivity index is 1.43. The third-order valence-electron chi connectivity index (χ3n) is 5.19. The van der Waals surface area contributed by atoms with E-state index in [9.17, 15) is 4.79 Å². The van der Waals surface area contributed by atoms with Gasteiger partial charge >= 0.3 is 0 Å². The Morgan fingerprint density at radius 3 is 2.69 bits per heavy atom. The first-order valence-electron chi connectivity index (χ1n) is 9.70. The van der Waals surface area contributed by atoms with Crippen molar-refractivity contribution in [3.8, 4) is 5.69 Å². The van der Waals surface area contributed by atoms with Crippen molar-refractivity contribution in [2.45, 2.75) is 6.54 Å². The van der Waals surface area contributed by atoms with Gasteiger partial charge in [0.25, 0.3) is 5.91 Å². The van der Waals surface area contributed by atoms with Crippen LogP contribution in [-0.2, 0) is 6.54 Å². The second-order valence-corrected chi connectivity index (χ2v) is 7.69. The average molecular weight is 410 g/mol. The number of carbonyl (C=O) groups is 1. The van der Waals surface area contributed by atoms with E-state index in [1.807, 2.05) is 30.3 Å². The molecular weight excluding hydrogens is 386 g/mol. The number of nitrogens with zero attached hydrogens (tertiary/aromatic N) is 4. The van der Waals surface area contributed by atoms with E-state index in [4.69, 9.17) is 11.6 Å². The van der Waals surface area contributed by atoms with Crippen molar-refractivity contribution in [1.82, 2.24) is 20.0 Å². The molecule has 0 spiro atoms. The molecule has 0 atom stereocenters. The number of hydrogen-bond donors (Lipinski definition) is 1. The van der Waals surface area contributed by atoms with Gasteiger partial charge in [0.15, 0.2) is 0 Å². The fraction of sp³-hybridized carbons (Fsp3) is 0.273. The Labute approximate surface area is 175 Å². The van der Waals surface area contributed by atoms with E-state index in [2.05, 4.69) is 39.4 Å². The Morgan fingerprint density at radius 2 is 1.90 bits per heavy atom. The van der Waals surface area contributed by atoms with Crippen LogP contribution in [0.2, 0.25) is 5.02 Å². The van der Waals surface area contributed by atoms with Crippen LogP contribution >= 0.6 is 11.6 Å². The highest BCUT2D eigenvalue weighted by atomic mass is 35.5. The summed E-state index contributed by atoms with van der Waals surface area (Å²) in [5.74, 6) is -0.147. The third-order valence-corrected chi connectivity index (χ3v) is 5.43. The van der Waals surface area contributed by atoms with Crippen molar-refractivity contribution in [3.63, 3.8) is 0 Å². The molecule has 0 unspecified atom stereocenters. The maximum absolute atomic E-state index is 12.6. The van der Waals surface area contributed by atoms with Crippen LogP contribution in [0.4, 0.5) is 5.69 Å². The molecular formula is C22H24ClN5O. The van der Waals surface area contributed by atoms with Gasteiger partial charge in [-0.3, -0.25) is 4.79 Å². The van der Waals surface area contributed by atoms with E-state index in [1.54, 1.807) is 23.1 Å². The summed E-state index contributed by atoms with van der Waals surface area (Å²) in [5, 5.41) is 7.94. The van der Waals surface area contributed by atoms with Gasteiger partial charge in [0.1, 0.15) is 0 Å². The van der Waals surface area contributed by atoms with E-state index in [-0.39, 0.29) is 5.91 Å². The maximum atomic E-state index is 12.6. The van der Waals surface area contributed by atoms with Gasteiger partial charge in [-0.2, -0.15) is 5.10 Å². The van der Waals surface area contributed by atoms with E-state index in [0.29, 0.717) is 17.1 Å². The second kappa shape index (κ2) is 8.68. The fourth-order valence-corrected chi connectivity index (χ4v) is 3.68. The quantitative estimate of drug-likeness (QED) is 0.703. The highest BCUT2D eigenvalue weighted by Gasteiger charge is 2.17. The summed E-state index contributed by atoms with van der Waals surface area (Å²) in [4.78, 5) is 17.4. The zero-order valence-electron chi connectivity index (χ0n) is 16.4. The summed E-state index contributed by atoms with van der Waals surface area (Å²) in [6.07, 6.45) is 3.29. The molecule has 0 aliphatic carbocycles. The number of hydrogen-bond acceptors (Lipinski definition) is 4. The molecule has 1 fully saturated rings. The van der Waals surface area contributed by atoms with Crippen LogP contribution in [-0.4, -0.2) is 53.8 Å². The van der Waals surface area contributed by atoms with E-state index >= 15 is 0 Å². The minimum atomic E-state index is -0.147. The number of amides is 1. The molecule has 29 heavy (non-hydrogen) atoms. The highest BCUT2D eigenvalue weighted by Crippen LogP contribution is 2.22. The molecule has 1 amide bonds. The van der Waals surface area contributed by atoms with Crippen LogP contribution < -0.4 is 10.2 Å². The van der Waals surface area contributed by atoms with Crippen LogP contribution in [0.5, 0.6) is 0 Å².